The van der Waals surface area contributed by atoms with Crippen LogP contribution in [0.3, 0.4) is 0 Å². The third-order valence-electron chi connectivity index (χ3n) is 0. The molecule has 0 rings (SSSR count). The van der Waals surface area contributed by atoms with Crippen molar-refractivity contribution >= 4 is 0 Å². The number of hydrogen-bond acceptors (Lipinski definition) is 1. The minimum absolute atomic E-state index is 0. The van der Waals surface area contributed by atoms with Gasteiger partial charge in [0.2, 0.25) is 0 Å². The average Bonchev–Trinajstić information content (AvgIpc) is 0. The maximum Gasteiger partial charge on any atom is 0 e. The van der Waals surface area contributed by atoms with Gasteiger partial charge in [-0.05, 0) is 0 Å². The summed E-state index contributed by atoms with van der Waals surface area (Å²) in [7, 11) is 0. The largest absolute Gasteiger partial charge is 0.344 e. The zero-order valence-corrected chi connectivity index (χ0v) is 8.31. The molecule has 4 heavy (non-hydrogen) atoms. The van der Waals surface area contributed by atoms with Gasteiger partial charge in [0.1, 0.15) is 0 Å². The molecule has 0 saturated carbocycles. The Kier molecular flexibility index (Phi) is 199. The first-order valence-corrected chi connectivity index (χ1v) is 0. The Hall–Kier alpha value is 1.92. The van der Waals surface area contributed by atoms with Crippen LogP contribution < -0.4 is 6.15 Å². The van der Waals surface area contributed by atoms with Crippen molar-refractivity contribution in [1.29, 1.82) is 0 Å². The van der Waals surface area contributed by atoms with Crippen LogP contribution in [0.25, 0.3) is 0 Å². The van der Waals surface area contributed by atoms with Crippen LogP contribution in [0.15, 0.2) is 0 Å². The van der Waals surface area contributed by atoms with Gasteiger partial charge < -0.3 is 6.15 Å². The van der Waals surface area contributed by atoms with Gasteiger partial charge in [0.15, 0.2) is 0 Å². The average molecular weight is 348 g/mol. The fraction of sp³-hybridized carbons (Fsp3) is 0. The fourth-order valence-corrected chi connectivity index (χ4v) is 0. The van der Waals surface area contributed by atoms with Gasteiger partial charge in [0.05, 0.1) is 0 Å². The summed E-state index contributed by atoms with van der Waals surface area (Å²) in [6.07, 6.45) is 0. The van der Waals surface area contributed by atoms with Gasteiger partial charge in [-0.25, -0.2) is 0 Å². The molecular weight excluding hydrogens is 345 g/mol. The van der Waals surface area contributed by atoms with E-state index in [4.69, 9.17) is 0 Å². The second-order valence-corrected chi connectivity index (χ2v) is 0. The summed E-state index contributed by atoms with van der Waals surface area (Å²) in [6, 6.07) is 0. The summed E-state index contributed by atoms with van der Waals surface area (Å²) in [5, 5.41) is 0. The molecule has 4 heteroatoms. The normalized spacial score (nSPS) is 0. The van der Waals surface area contributed by atoms with Gasteiger partial charge >= 0.3 is 0 Å². The van der Waals surface area contributed by atoms with Crippen molar-refractivity contribution in [3.8, 4) is 0 Å². The van der Waals surface area contributed by atoms with E-state index in [1.54, 1.807) is 0 Å². The van der Waals surface area contributed by atoms with E-state index in [9.17, 15) is 0 Å². The Labute approximate surface area is 66.3 Å². The van der Waals surface area contributed by atoms with Gasteiger partial charge in [-0.3, -0.25) is 0 Å². The molecule has 0 spiro atoms. The first-order chi connectivity index (χ1) is 0. The summed E-state index contributed by atoms with van der Waals surface area (Å²) in [4.78, 5) is 0. The molecule has 0 aliphatic carbocycles. The quantitative estimate of drug-likeness (QED) is 0.622. The monoisotopic (exact) mass is 350 g/mol. The van der Waals surface area contributed by atoms with E-state index >= 15 is 0 Å². The van der Waals surface area contributed by atoms with Crippen LogP contribution in [0.4, 0.5) is 0 Å². The van der Waals surface area contributed by atoms with Crippen LogP contribution in [0.1, 0.15) is 0 Å². The van der Waals surface area contributed by atoms with Crippen LogP contribution in [0.5, 0.6) is 0 Å². The Balaban J connectivity index is 0. The van der Waals surface area contributed by atoms with E-state index in [1.165, 1.54) is 0 Å². The van der Waals surface area contributed by atoms with E-state index in [2.05, 4.69) is 0 Å². The Morgan fingerprint density at radius 1 is 1.00 bits per heavy atom. The third kappa shape index (κ3) is 9.07. The van der Waals surface area contributed by atoms with E-state index in [-0.39, 0.29) is 66.8 Å². The zero-order chi connectivity index (χ0) is 0. The third-order valence-corrected chi connectivity index (χ3v) is 0. The van der Waals surface area contributed by atoms with Gasteiger partial charge in [-0.15, -0.1) is 0 Å². The topological polar surface area (TPSA) is 35.0 Å². The fourth-order valence-electron chi connectivity index (χ4n) is 0. The second kappa shape index (κ2) is 20.5. The van der Waals surface area contributed by atoms with Gasteiger partial charge in [-0.2, -0.15) is 0 Å². The van der Waals surface area contributed by atoms with E-state index in [0.717, 1.165) is 0 Å². The summed E-state index contributed by atoms with van der Waals surface area (Å²) < 4.78 is 0. The number of rotatable bonds is 0. The van der Waals surface area contributed by atoms with Crippen molar-refractivity contribution in [2.24, 2.45) is 0 Å². The SMILES string of the molecule is N.[Mo].[V].[W]. The van der Waals surface area contributed by atoms with Crippen molar-refractivity contribution in [3.05, 3.63) is 0 Å². The van der Waals surface area contributed by atoms with Crippen LogP contribution in [-0.2, 0) is 60.7 Å². The van der Waals surface area contributed by atoms with Crippen molar-refractivity contribution in [2.45, 2.75) is 0 Å². The summed E-state index contributed by atoms with van der Waals surface area (Å²) in [6.45, 7) is 0. The van der Waals surface area contributed by atoms with Gasteiger partial charge in [-0.1, -0.05) is 0 Å². The maximum absolute atomic E-state index is 0. The molecule has 0 aromatic carbocycles. The van der Waals surface area contributed by atoms with Crippen molar-refractivity contribution in [2.75, 3.05) is 0 Å². The Bertz CT molecular complexity index is 8.00. The van der Waals surface area contributed by atoms with Gasteiger partial charge in [0.25, 0.3) is 0 Å². The van der Waals surface area contributed by atoms with Crippen molar-refractivity contribution in [1.82, 2.24) is 6.15 Å². The molecule has 0 fully saturated rings. The first kappa shape index (κ1) is 38.9. The van der Waals surface area contributed by atoms with Crippen molar-refractivity contribution in [3.63, 3.8) is 0 Å². The van der Waals surface area contributed by atoms with Crippen LogP contribution in [-0.4, -0.2) is 0 Å². The zero-order valence-electron chi connectivity index (χ0n) is 1.97. The molecule has 1 nitrogen and oxygen atoms in total. The predicted molar refractivity (Wildman–Crippen MR) is 5.02 cm³/mol. The minimum atomic E-state index is 0. The molecule has 0 heterocycles. The van der Waals surface area contributed by atoms with E-state index in [0.29, 0.717) is 0 Å². The smallest absolute Gasteiger partial charge is 0 e. The molecule has 0 unspecified atom stereocenters. The molecule has 0 aromatic heterocycles. The molecule has 0 bridgehead atoms. The Morgan fingerprint density at radius 2 is 1.00 bits per heavy atom. The molecule has 0 atom stereocenters. The second-order valence-electron chi connectivity index (χ2n) is 0. The van der Waals surface area contributed by atoms with Crippen LogP contribution >= 0.6 is 0 Å². The Morgan fingerprint density at radius 3 is 1.00 bits per heavy atom. The molecule has 1 radical (unpaired) electrons. The van der Waals surface area contributed by atoms with E-state index < -0.39 is 0 Å². The van der Waals surface area contributed by atoms with Crippen LogP contribution in [0, 0.1) is 0 Å². The molecule has 0 aromatic rings. The molecule has 3 N–H and O–H groups in total. The summed E-state index contributed by atoms with van der Waals surface area (Å²) in [5.41, 5.74) is 0. The molecular formula is H3MoNVW. The van der Waals surface area contributed by atoms with Crippen LogP contribution in [0.2, 0.25) is 0 Å². The molecule has 0 saturated heterocycles. The molecule has 25 valence electrons. The van der Waals surface area contributed by atoms with Crippen molar-refractivity contribution < 1.29 is 60.7 Å². The first-order valence-electron chi connectivity index (χ1n) is 0. The maximum atomic E-state index is 0. The van der Waals surface area contributed by atoms with Gasteiger partial charge in [0, 0.05) is 60.7 Å². The number of hydrogen-bond donors (Lipinski definition) is 1. The molecule has 0 aliphatic heterocycles. The predicted octanol–water partition coefficient (Wildman–Crippen LogP) is 0.154. The molecule has 0 aliphatic rings. The van der Waals surface area contributed by atoms with E-state index in [1.807, 2.05) is 0 Å². The summed E-state index contributed by atoms with van der Waals surface area (Å²) >= 11 is 0. The minimum Gasteiger partial charge on any atom is -0.344 e. The summed E-state index contributed by atoms with van der Waals surface area (Å²) in [5.74, 6) is 0. The molecule has 0 amide bonds. The standard InChI is InChI=1S/Mo.H3N.V.W/h;1H3;;.